The molecule has 2 saturated heterocycles. The number of hydrogen-bond acceptors (Lipinski definition) is 8. The summed E-state index contributed by atoms with van der Waals surface area (Å²) in [6.07, 6.45) is 9.72. The minimum absolute atomic E-state index is 0.0211. The van der Waals surface area contributed by atoms with Crippen molar-refractivity contribution in [3.05, 3.63) is 93.2 Å². The molecular formula is C46H65N7O3S. The van der Waals surface area contributed by atoms with Gasteiger partial charge in [0.1, 0.15) is 6.04 Å². The van der Waals surface area contributed by atoms with Gasteiger partial charge in [-0.2, -0.15) is 0 Å². The first-order valence-electron chi connectivity index (χ1n) is 21.5. The zero-order valence-corrected chi connectivity index (χ0v) is 35.4. The third kappa shape index (κ3) is 10.5. The number of nitrogens with one attached hydrogen (secondary N) is 2. The van der Waals surface area contributed by atoms with Gasteiger partial charge in [0.25, 0.3) is 0 Å². The fourth-order valence-corrected chi connectivity index (χ4v) is 10.6. The molecule has 0 bridgehead atoms. The minimum Gasteiger partial charge on any atom is -0.349 e. The van der Waals surface area contributed by atoms with Crippen LogP contribution >= 0.6 is 11.3 Å². The Morgan fingerprint density at radius 2 is 1.77 bits per heavy atom. The van der Waals surface area contributed by atoms with Crippen molar-refractivity contribution in [3.8, 4) is 0 Å². The van der Waals surface area contributed by atoms with Gasteiger partial charge in [0, 0.05) is 43.6 Å². The molecule has 3 fully saturated rings. The van der Waals surface area contributed by atoms with Gasteiger partial charge in [-0.3, -0.25) is 24.2 Å². The third-order valence-corrected chi connectivity index (χ3v) is 14.3. The molecule has 7 rings (SSSR count). The molecule has 1 aromatic heterocycles. The molecule has 2 atom stereocenters. The molecule has 10 nitrogen and oxygen atoms in total. The van der Waals surface area contributed by atoms with E-state index in [1.807, 2.05) is 33.4 Å². The number of rotatable bonds is 15. The van der Waals surface area contributed by atoms with Gasteiger partial charge in [-0.15, -0.1) is 11.3 Å². The summed E-state index contributed by atoms with van der Waals surface area (Å²) in [5.41, 5.74) is 5.35. The van der Waals surface area contributed by atoms with Gasteiger partial charge in [-0.1, -0.05) is 61.0 Å². The molecule has 2 aromatic carbocycles. The number of hydrogen-bond donors (Lipinski definition) is 2. The second kappa shape index (κ2) is 19.4. The molecule has 3 aromatic rings. The van der Waals surface area contributed by atoms with E-state index in [9.17, 15) is 9.59 Å². The number of thiophene rings is 1. The fourth-order valence-electron chi connectivity index (χ4n) is 10.0. The van der Waals surface area contributed by atoms with E-state index in [1.165, 1.54) is 36.0 Å². The van der Waals surface area contributed by atoms with Crippen molar-refractivity contribution in [2.45, 2.75) is 102 Å². The minimum atomic E-state index is -0.745. The summed E-state index contributed by atoms with van der Waals surface area (Å²) in [5.74, 6) is -0.134. The van der Waals surface area contributed by atoms with Gasteiger partial charge in [0.05, 0.1) is 25.6 Å². The van der Waals surface area contributed by atoms with Crippen molar-refractivity contribution < 1.29 is 14.4 Å². The van der Waals surface area contributed by atoms with Crippen LogP contribution in [-0.2, 0) is 46.9 Å². The van der Waals surface area contributed by atoms with Gasteiger partial charge in [0.15, 0.2) is 0 Å². The lowest BCUT2D eigenvalue weighted by atomic mass is 9.71. The number of piperazine rings is 1. The maximum atomic E-state index is 15.0. The Morgan fingerprint density at radius 1 is 0.947 bits per heavy atom. The van der Waals surface area contributed by atoms with Gasteiger partial charge in [-0.25, -0.2) is 0 Å². The summed E-state index contributed by atoms with van der Waals surface area (Å²) < 4.78 is 0. The van der Waals surface area contributed by atoms with Crippen molar-refractivity contribution in [1.29, 1.82) is 0 Å². The number of carbonyl (C=O) groups is 3. The predicted molar refractivity (Wildman–Crippen MR) is 229 cm³/mol. The first kappa shape index (κ1) is 41.5. The molecule has 3 aliphatic heterocycles. The Kier molecular flexibility index (Phi) is 14.2. The van der Waals surface area contributed by atoms with E-state index in [2.05, 4.69) is 88.9 Å². The van der Waals surface area contributed by atoms with Crippen LogP contribution in [0.2, 0.25) is 0 Å². The molecule has 3 amide bonds. The van der Waals surface area contributed by atoms with Crippen LogP contribution in [0, 0.1) is 5.41 Å². The van der Waals surface area contributed by atoms with Crippen molar-refractivity contribution in [2.75, 3.05) is 67.0 Å². The number of amides is 3. The molecule has 11 heteroatoms. The zero-order valence-electron chi connectivity index (χ0n) is 34.6. The summed E-state index contributed by atoms with van der Waals surface area (Å²) in [6, 6.07) is 20.3. The second-order valence-corrected chi connectivity index (χ2v) is 18.5. The monoisotopic (exact) mass is 795 g/mol. The highest BCUT2D eigenvalue weighted by Crippen LogP contribution is 2.45. The summed E-state index contributed by atoms with van der Waals surface area (Å²) in [7, 11) is 6.36. The topological polar surface area (TPSA) is 91.5 Å². The average Bonchev–Trinajstić information content (AvgIpc) is 3.90. The van der Waals surface area contributed by atoms with Crippen LogP contribution < -0.4 is 10.6 Å². The molecule has 1 saturated carbocycles. The maximum Gasteiger partial charge on any atom is 0.244 e. The Labute approximate surface area is 344 Å². The Morgan fingerprint density at radius 3 is 2.54 bits per heavy atom. The van der Waals surface area contributed by atoms with Crippen LogP contribution in [0.15, 0.2) is 66.0 Å². The largest absolute Gasteiger partial charge is 0.349 e. The highest BCUT2D eigenvalue weighted by atomic mass is 32.1. The Balaban J connectivity index is 1.04. The molecule has 0 radical (unpaired) electrons. The van der Waals surface area contributed by atoms with Gasteiger partial charge < -0.3 is 25.3 Å². The van der Waals surface area contributed by atoms with Crippen LogP contribution in [-0.4, -0.2) is 127 Å². The predicted octanol–water partition coefficient (Wildman–Crippen LogP) is 5.16. The molecule has 0 unspecified atom stereocenters. The van der Waals surface area contributed by atoms with E-state index >= 15 is 4.79 Å². The number of unbranched alkanes of at least 4 members (excludes halogenated alkanes) is 1. The molecule has 4 aliphatic rings. The first-order valence-corrected chi connectivity index (χ1v) is 22.4. The van der Waals surface area contributed by atoms with E-state index in [1.54, 1.807) is 11.3 Å². The molecule has 1 spiro atoms. The lowest BCUT2D eigenvalue weighted by Gasteiger charge is -2.46. The van der Waals surface area contributed by atoms with Crippen molar-refractivity contribution >= 4 is 29.1 Å². The van der Waals surface area contributed by atoms with Crippen LogP contribution in [0.4, 0.5) is 0 Å². The van der Waals surface area contributed by atoms with E-state index in [0.29, 0.717) is 37.5 Å². The van der Waals surface area contributed by atoms with Crippen molar-refractivity contribution in [1.82, 2.24) is 35.1 Å². The molecule has 308 valence electrons. The van der Waals surface area contributed by atoms with Crippen LogP contribution in [0.5, 0.6) is 0 Å². The number of likely N-dealkylation sites (tertiary alicyclic amines) is 1. The SMILES string of the molecule is CN(C)CCCC[C@H](C(=O)N1CCN(C(=O)Cc2cccc3c2CCNC3)C[C@H]1C(=O)NCc1cccs1)N(C)C1CCC2(CC1)CCN(Cc1ccccc1)C2. The average molecular weight is 796 g/mol. The second-order valence-electron chi connectivity index (χ2n) is 17.5. The van der Waals surface area contributed by atoms with E-state index in [-0.39, 0.29) is 30.3 Å². The highest BCUT2D eigenvalue weighted by molar-refractivity contribution is 7.09. The van der Waals surface area contributed by atoms with E-state index < -0.39 is 6.04 Å². The fraction of sp³-hybridized carbons (Fsp3) is 0.587. The van der Waals surface area contributed by atoms with Gasteiger partial charge >= 0.3 is 0 Å². The normalized spacial score (nSPS) is 23.2. The quantitative estimate of drug-likeness (QED) is 0.206. The van der Waals surface area contributed by atoms with Crippen molar-refractivity contribution in [2.24, 2.45) is 5.41 Å². The zero-order chi connectivity index (χ0) is 39.8. The van der Waals surface area contributed by atoms with Gasteiger partial charge in [0.2, 0.25) is 17.7 Å². The summed E-state index contributed by atoms with van der Waals surface area (Å²) >= 11 is 1.60. The summed E-state index contributed by atoms with van der Waals surface area (Å²) in [4.78, 5) is 55.2. The Hall–Kier alpha value is -3.61. The number of carbonyl (C=O) groups excluding carboxylic acids is 3. The Bertz CT molecular complexity index is 1780. The number of likely N-dealkylation sites (N-methyl/N-ethyl adjacent to an activating group) is 1. The number of nitrogens with zero attached hydrogens (tertiary/aromatic N) is 5. The summed E-state index contributed by atoms with van der Waals surface area (Å²) in [5, 5.41) is 8.59. The first-order chi connectivity index (χ1) is 27.7. The lowest BCUT2D eigenvalue weighted by Crippen LogP contribution is -2.64. The molecule has 4 heterocycles. The maximum absolute atomic E-state index is 15.0. The molecule has 57 heavy (non-hydrogen) atoms. The highest BCUT2D eigenvalue weighted by Gasteiger charge is 2.45. The van der Waals surface area contributed by atoms with Crippen LogP contribution in [0.3, 0.4) is 0 Å². The molecular weight excluding hydrogens is 731 g/mol. The van der Waals surface area contributed by atoms with Crippen LogP contribution in [0.25, 0.3) is 0 Å². The van der Waals surface area contributed by atoms with E-state index in [0.717, 1.165) is 88.2 Å². The number of fused-ring (bicyclic) bond motifs is 1. The van der Waals surface area contributed by atoms with Crippen LogP contribution in [0.1, 0.15) is 78.5 Å². The van der Waals surface area contributed by atoms with E-state index in [4.69, 9.17) is 0 Å². The standard InChI is InChI=1S/C46H65N7O3S/c1-49(2)24-8-7-16-41(50(3)38-17-20-46(21-18-38)22-25-51(34-46)32-35-11-5-4-6-12-35)45(56)53-27-26-52(33-42(53)44(55)48-31-39-15-10-28-57-39)43(54)29-36-13-9-14-37-30-47-23-19-40(36)37/h4-6,9-15,28,38,41-42,47H,7-8,16-27,29-34H2,1-3H3,(H,48,55)/t38?,41-,42+,46?/m1/s1. The molecule has 2 N–H and O–H groups in total. The third-order valence-electron chi connectivity index (χ3n) is 13.4. The summed E-state index contributed by atoms with van der Waals surface area (Å²) in [6.45, 7) is 7.43. The molecule has 1 aliphatic carbocycles. The lowest BCUT2D eigenvalue weighted by molar-refractivity contribution is -0.152. The van der Waals surface area contributed by atoms with Gasteiger partial charge in [-0.05, 0) is 131 Å². The smallest absolute Gasteiger partial charge is 0.244 e. The van der Waals surface area contributed by atoms with Crippen molar-refractivity contribution in [3.63, 3.8) is 0 Å². The number of benzene rings is 2.